The van der Waals surface area contributed by atoms with Gasteiger partial charge in [0.2, 0.25) is 0 Å². The molecule has 2 aromatic rings. The van der Waals surface area contributed by atoms with Gasteiger partial charge in [-0.15, -0.1) is 0 Å². The normalized spacial score (nSPS) is 10.5. The number of benzene rings is 2. The fourth-order valence-electron chi connectivity index (χ4n) is 3.13. The van der Waals surface area contributed by atoms with Gasteiger partial charge in [0, 0.05) is 17.0 Å². The number of hydrogen-bond donors (Lipinski definition) is 2. The van der Waals surface area contributed by atoms with Gasteiger partial charge in [-0.1, -0.05) is 11.6 Å². The molecule has 0 radical (unpaired) electrons. The van der Waals surface area contributed by atoms with Crippen molar-refractivity contribution >= 4 is 29.5 Å². The maximum Gasteiger partial charge on any atom is 0.336 e. The van der Waals surface area contributed by atoms with E-state index in [9.17, 15) is 24.6 Å². The zero-order chi connectivity index (χ0) is 22.3. The van der Waals surface area contributed by atoms with Crippen molar-refractivity contribution in [2.75, 3.05) is 6.61 Å². The molecule has 0 spiro atoms. The lowest BCUT2D eigenvalue weighted by atomic mass is 9.90. The minimum absolute atomic E-state index is 0.0707. The first-order chi connectivity index (χ1) is 14.2. The Morgan fingerprint density at radius 1 is 1.07 bits per heavy atom. The molecule has 0 unspecified atom stereocenters. The van der Waals surface area contributed by atoms with Crippen molar-refractivity contribution < 1.29 is 34.1 Å². The molecule has 0 heterocycles. The van der Waals surface area contributed by atoms with Crippen LogP contribution < -0.4 is 4.74 Å². The highest BCUT2D eigenvalue weighted by atomic mass is 35.5. The summed E-state index contributed by atoms with van der Waals surface area (Å²) in [5.74, 6) is -2.32. The molecule has 0 fully saturated rings. The SMILES string of the molecule is CCOC(=O)CCCc1cc(C(=O)O)c(C)c(C(=O)O)c1COc1ccc(Cl)cc1. The maximum atomic E-state index is 12.0. The van der Waals surface area contributed by atoms with Gasteiger partial charge in [-0.25, -0.2) is 9.59 Å². The Hall–Kier alpha value is -3.06. The number of aromatic carboxylic acids is 2. The van der Waals surface area contributed by atoms with Gasteiger partial charge >= 0.3 is 17.9 Å². The summed E-state index contributed by atoms with van der Waals surface area (Å²) < 4.78 is 10.6. The first-order valence-corrected chi connectivity index (χ1v) is 9.78. The fourth-order valence-corrected chi connectivity index (χ4v) is 3.26. The van der Waals surface area contributed by atoms with Gasteiger partial charge in [0.15, 0.2) is 0 Å². The number of halogens is 1. The molecule has 2 aromatic carbocycles. The number of carbonyl (C=O) groups is 3. The summed E-state index contributed by atoms with van der Waals surface area (Å²) in [5, 5.41) is 19.8. The third-order valence-corrected chi connectivity index (χ3v) is 4.81. The van der Waals surface area contributed by atoms with Crippen molar-refractivity contribution in [3.63, 3.8) is 0 Å². The highest BCUT2D eigenvalue weighted by Gasteiger charge is 2.23. The molecule has 160 valence electrons. The minimum atomic E-state index is -1.24. The van der Waals surface area contributed by atoms with Crippen LogP contribution >= 0.6 is 11.6 Å². The number of carboxylic acid groups (broad SMARTS) is 2. The number of carboxylic acids is 2. The summed E-state index contributed by atoms with van der Waals surface area (Å²) in [6.07, 6.45) is 0.830. The second kappa shape index (κ2) is 10.6. The molecule has 0 saturated heterocycles. The van der Waals surface area contributed by atoms with E-state index in [4.69, 9.17) is 21.1 Å². The van der Waals surface area contributed by atoms with Crippen LogP contribution in [0, 0.1) is 6.92 Å². The molecule has 2 N–H and O–H groups in total. The van der Waals surface area contributed by atoms with Crippen molar-refractivity contribution in [1.29, 1.82) is 0 Å². The summed E-state index contributed by atoms with van der Waals surface area (Å²) in [5.41, 5.74) is 0.847. The first-order valence-electron chi connectivity index (χ1n) is 9.40. The molecule has 2 rings (SSSR count). The second-order valence-electron chi connectivity index (χ2n) is 6.57. The monoisotopic (exact) mass is 434 g/mol. The van der Waals surface area contributed by atoms with Gasteiger partial charge in [0.05, 0.1) is 17.7 Å². The Balaban J connectivity index is 2.39. The molecule has 30 heavy (non-hydrogen) atoms. The van der Waals surface area contributed by atoms with Crippen LogP contribution in [0.3, 0.4) is 0 Å². The highest BCUT2D eigenvalue weighted by Crippen LogP contribution is 2.27. The van der Waals surface area contributed by atoms with Crippen molar-refractivity contribution in [3.05, 3.63) is 63.2 Å². The number of aryl methyl sites for hydroxylation is 1. The summed E-state index contributed by atoms with van der Waals surface area (Å²) in [7, 11) is 0. The van der Waals surface area contributed by atoms with Gasteiger partial charge in [-0.2, -0.15) is 0 Å². The molecule has 7 nitrogen and oxygen atoms in total. The third-order valence-electron chi connectivity index (χ3n) is 4.56. The molecule has 8 heteroatoms. The van der Waals surface area contributed by atoms with E-state index in [0.29, 0.717) is 34.7 Å². The quantitative estimate of drug-likeness (QED) is 0.529. The Bertz CT molecular complexity index is 935. The number of esters is 1. The number of rotatable bonds is 10. The summed E-state index contributed by atoms with van der Waals surface area (Å²) >= 11 is 5.87. The summed E-state index contributed by atoms with van der Waals surface area (Å²) in [6, 6.07) is 8.06. The molecule has 0 saturated carbocycles. The van der Waals surface area contributed by atoms with Crippen molar-refractivity contribution in [3.8, 4) is 5.75 Å². The Morgan fingerprint density at radius 3 is 2.30 bits per heavy atom. The summed E-state index contributed by atoms with van der Waals surface area (Å²) in [6.45, 7) is 3.37. The van der Waals surface area contributed by atoms with E-state index >= 15 is 0 Å². The predicted octanol–water partition coefficient (Wildman–Crippen LogP) is 4.51. The first kappa shape index (κ1) is 23.2. The Labute approximate surface area is 179 Å². The molecular formula is C22H23ClO7. The lowest BCUT2D eigenvalue weighted by Crippen LogP contribution is -2.16. The second-order valence-corrected chi connectivity index (χ2v) is 7.01. The van der Waals surface area contributed by atoms with Gasteiger partial charge < -0.3 is 19.7 Å². The van der Waals surface area contributed by atoms with Crippen LogP contribution in [0.5, 0.6) is 5.75 Å². The molecule has 0 aliphatic carbocycles. The largest absolute Gasteiger partial charge is 0.489 e. The van der Waals surface area contributed by atoms with Gasteiger partial charge in [-0.3, -0.25) is 4.79 Å². The molecule has 0 aromatic heterocycles. The van der Waals surface area contributed by atoms with E-state index in [1.807, 2.05) is 0 Å². The molecule has 0 atom stereocenters. The van der Waals surface area contributed by atoms with Crippen molar-refractivity contribution in [1.82, 2.24) is 0 Å². The summed E-state index contributed by atoms with van der Waals surface area (Å²) in [4.78, 5) is 35.2. The highest BCUT2D eigenvalue weighted by molar-refractivity contribution is 6.30. The lowest BCUT2D eigenvalue weighted by molar-refractivity contribution is -0.143. The van der Waals surface area contributed by atoms with Crippen LogP contribution in [0.2, 0.25) is 5.02 Å². The standard InChI is InChI=1S/C22H23ClO7/c1-3-29-19(24)6-4-5-14-11-17(21(25)26)13(2)20(22(27)28)18(14)12-30-16-9-7-15(23)8-10-16/h7-11H,3-6,12H2,1-2H3,(H,25,26)(H,27,28). The van der Waals surface area contributed by atoms with E-state index in [1.165, 1.54) is 13.0 Å². The predicted molar refractivity (Wildman–Crippen MR) is 110 cm³/mol. The van der Waals surface area contributed by atoms with E-state index in [0.717, 1.165) is 0 Å². The van der Waals surface area contributed by atoms with E-state index in [1.54, 1.807) is 31.2 Å². The van der Waals surface area contributed by atoms with Gasteiger partial charge in [0.25, 0.3) is 0 Å². The van der Waals surface area contributed by atoms with Gasteiger partial charge in [-0.05, 0) is 68.1 Å². The number of carbonyl (C=O) groups excluding carboxylic acids is 1. The van der Waals surface area contributed by atoms with Crippen LogP contribution in [0.4, 0.5) is 0 Å². The lowest BCUT2D eigenvalue weighted by Gasteiger charge is -2.18. The molecule has 0 bridgehead atoms. The maximum absolute atomic E-state index is 12.0. The van der Waals surface area contributed by atoms with Gasteiger partial charge in [0.1, 0.15) is 12.4 Å². The minimum Gasteiger partial charge on any atom is -0.489 e. The van der Waals surface area contributed by atoms with Crippen LogP contribution in [0.15, 0.2) is 30.3 Å². The average Bonchev–Trinajstić information content (AvgIpc) is 2.68. The Morgan fingerprint density at radius 2 is 1.73 bits per heavy atom. The molecular weight excluding hydrogens is 412 g/mol. The van der Waals surface area contributed by atoms with Crippen LogP contribution in [0.25, 0.3) is 0 Å². The fraction of sp³-hybridized carbons (Fsp3) is 0.318. The third kappa shape index (κ3) is 5.97. The molecule has 0 aliphatic heterocycles. The molecule has 0 amide bonds. The smallest absolute Gasteiger partial charge is 0.336 e. The Kier molecular flexibility index (Phi) is 8.24. The van der Waals surface area contributed by atoms with Crippen LogP contribution in [-0.4, -0.2) is 34.7 Å². The van der Waals surface area contributed by atoms with Crippen molar-refractivity contribution in [2.24, 2.45) is 0 Å². The average molecular weight is 435 g/mol. The van der Waals surface area contributed by atoms with Crippen LogP contribution in [0.1, 0.15) is 57.2 Å². The zero-order valence-electron chi connectivity index (χ0n) is 16.7. The van der Waals surface area contributed by atoms with E-state index < -0.39 is 11.9 Å². The number of ether oxygens (including phenoxy) is 2. The zero-order valence-corrected chi connectivity index (χ0v) is 17.5. The van der Waals surface area contributed by atoms with E-state index in [2.05, 4.69) is 0 Å². The molecule has 0 aliphatic rings. The topological polar surface area (TPSA) is 110 Å². The van der Waals surface area contributed by atoms with Crippen molar-refractivity contribution in [2.45, 2.75) is 39.7 Å². The van der Waals surface area contributed by atoms with Crippen LogP contribution in [-0.2, 0) is 22.6 Å². The number of hydrogen-bond acceptors (Lipinski definition) is 5. The van der Waals surface area contributed by atoms with E-state index in [-0.39, 0.29) is 42.3 Å².